The van der Waals surface area contributed by atoms with E-state index in [0.29, 0.717) is 12.6 Å². The van der Waals surface area contributed by atoms with Crippen LogP contribution in [-0.4, -0.2) is 53.9 Å². The van der Waals surface area contributed by atoms with Gasteiger partial charge in [-0.2, -0.15) is 0 Å². The molecular weight excluding hydrogens is 418 g/mol. The van der Waals surface area contributed by atoms with E-state index in [-0.39, 0.29) is 29.5 Å². The van der Waals surface area contributed by atoms with E-state index in [1.165, 1.54) is 29.3 Å². The maximum atomic E-state index is 12.0. The fraction of sp³-hybridized carbons (Fsp3) is 0.458. The first-order valence-corrected chi connectivity index (χ1v) is 10.6. The Bertz CT molecular complexity index is 873. The van der Waals surface area contributed by atoms with Crippen molar-refractivity contribution in [3.63, 3.8) is 0 Å². The van der Waals surface area contributed by atoms with Crippen LogP contribution in [-0.2, 0) is 17.6 Å². The Labute approximate surface area is 190 Å². The molecule has 0 saturated heterocycles. The van der Waals surface area contributed by atoms with Crippen LogP contribution >= 0.6 is 12.4 Å². The second-order valence-corrected chi connectivity index (χ2v) is 7.71. The molecule has 1 aliphatic rings. The normalized spacial score (nSPS) is 15.1. The number of benzene rings is 2. The number of phenols is 2. The molecule has 0 aromatic heterocycles. The zero-order valence-electron chi connectivity index (χ0n) is 18.2. The van der Waals surface area contributed by atoms with Gasteiger partial charge in [-0.15, -0.1) is 12.4 Å². The van der Waals surface area contributed by atoms with Gasteiger partial charge in [-0.3, -0.25) is 0 Å². The van der Waals surface area contributed by atoms with Crippen molar-refractivity contribution in [1.29, 1.82) is 0 Å². The van der Waals surface area contributed by atoms with E-state index < -0.39 is 5.97 Å². The number of hydrogen-bond donors (Lipinski definition) is 2. The topological polar surface area (TPSA) is 79.2 Å². The number of fused-ring (bicyclic) bond motifs is 1. The Morgan fingerprint density at radius 1 is 1.10 bits per heavy atom. The predicted octanol–water partition coefficient (Wildman–Crippen LogP) is 4.34. The summed E-state index contributed by atoms with van der Waals surface area (Å²) in [7, 11) is 1.71. The molecule has 2 aromatic carbocycles. The number of methoxy groups -OCH3 is 1. The number of nitrogens with zero attached hydrogens (tertiary/aromatic N) is 1. The number of rotatable bonds is 9. The van der Waals surface area contributed by atoms with Crippen LogP contribution in [0.1, 0.15) is 47.7 Å². The van der Waals surface area contributed by atoms with Crippen molar-refractivity contribution in [3.05, 3.63) is 53.1 Å². The molecule has 6 nitrogen and oxygen atoms in total. The first kappa shape index (κ1) is 24.8. The Morgan fingerprint density at radius 2 is 1.90 bits per heavy atom. The molecule has 1 unspecified atom stereocenters. The van der Waals surface area contributed by atoms with Gasteiger partial charge in [-0.25, -0.2) is 4.79 Å². The number of aromatic hydroxyl groups is 2. The summed E-state index contributed by atoms with van der Waals surface area (Å²) >= 11 is 0. The Morgan fingerprint density at radius 3 is 2.61 bits per heavy atom. The molecule has 0 aliphatic heterocycles. The third kappa shape index (κ3) is 6.52. The number of carbonyl (C=O) groups is 1. The van der Waals surface area contributed by atoms with Crippen LogP contribution in [0.25, 0.3) is 0 Å². The van der Waals surface area contributed by atoms with Crippen LogP contribution in [0.15, 0.2) is 36.4 Å². The van der Waals surface area contributed by atoms with Crippen molar-refractivity contribution >= 4 is 18.4 Å². The summed E-state index contributed by atoms with van der Waals surface area (Å²) in [6.45, 7) is 4.51. The fourth-order valence-corrected chi connectivity index (χ4v) is 4.07. The number of hydrogen-bond acceptors (Lipinski definition) is 6. The van der Waals surface area contributed by atoms with E-state index in [4.69, 9.17) is 9.47 Å². The zero-order valence-corrected chi connectivity index (χ0v) is 19.0. The quantitative estimate of drug-likeness (QED) is 0.336. The van der Waals surface area contributed by atoms with E-state index >= 15 is 0 Å². The highest BCUT2D eigenvalue weighted by Crippen LogP contribution is 2.28. The minimum absolute atomic E-state index is 0. The summed E-state index contributed by atoms with van der Waals surface area (Å²) in [5, 5.41) is 18.8. The number of esters is 1. The van der Waals surface area contributed by atoms with Crippen molar-refractivity contribution in [2.75, 3.05) is 26.8 Å². The molecule has 0 spiro atoms. The predicted molar refractivity (Wildman–Crippen MR) is 123 cm³/mol. The second kappa shape index (κ2) is 11.8. The standard InChI is InChI=1S/C24H31NO5.ClH/c1-3-25(20-9-6-18-15-21(29-2)10-7-17(18)14-20)12-4-5-13-30-24(28)19-8-11-22(26)23(27)16-19;/h7-8,10-11,15-16,20,26-27H,3-6,9,12-14H2,1-2H3;1H. The van der Waals surface area contributed by atoms with Gasteiger partial charge in [0.05, 0.1) is 19.3 Å². The zero-order chi connectivity index (χ0) is 21.5. The summed E-state index contributed by atoms with van der Waals surface area (Å²) in [6.07, 6.45) is 5.02. The van der Waals surface area contributed by atoms with Crippen molar-refractivity contribution in [1.82, 2.24) is 4.90 Å². The minimum Gasteiger partial charge on any atom is -0.504 e. The number of halogens is 1. The third-order valence-corrected chi connectivity index (χ3v) is 5.82. The van der Waals surface area contributed by atoms with Crippen LogP contribution in [0.5, 0.6) is 17.2 Å². The van der Waals surface area contributed by atoms with Crippen LogP contribution in [0.4, 0.5) is 0 Å². The van der Waals surface area contributed by atoms with E-state index in [9.17, 15) is 15.0 Å². The molecule has 0 bridgehead atoms. The van der Waals surface area contributed by atoms with Gasteiger partial charge in [-0.05, 0) is 86.7 Å². The van der Waals surface area contributed by atoms with E-state index in [1.54, 1.807) is 7.11 Å². The third-order valence-electron chi connectivity index (χ3n) is 5.82. The van der Waals surface area contributed by atoms with Crippen molar-refractivity contribution < 1.29 is 24.5 Å². The second-order valence-electron chi connectivity index (χ2n) is 7.71. The molecule has 0 heterocycles. The van der Waals surface area contributed by atoms with Crippen LogP contribution < -0.4 is 4.74 Å². The van der Waals surface area contributed by atoms with Gasteiger partial charge in [0, 0.05) is 6.04 Å². The molecule has 1 aliphatic carbocycles. The first-order valence-electron chi connectivity index (χ1n) is 10.6. The number of carbonyl (C=O) groups excluding carboxylic acids is 1. The molecular formula is C24H32ClNO5. The lowest BCUT2D eigenvalue weighted by Crippen LogP contribution is -2.39. The van der Waals surface area contributed by atoms with Gasteiger partial charge in [0.15, 0.2) is 11.5 Å². The van der Waals surface area contributed by atoms with E-state index in [1.807, 2.05) is 6.07 Å². The first-order chi connectivity index (χ1) is 14.5. The summed E-state index contributed by atoms with van der Waals surface area (Å²) in [4.78, 5) is 14.6. The molecule has 1 atom stereocenters. The summed E-state index contributed by atoms with van der Waals surface area (Å²) in [6, 6.07) is 10.9. The molecule has 3 rings (SSSR count). The molecule has 7 heteroatoms. The van der Waals surface area contributed by atoms with Crippen LogP contribution in [0.2, 0.25) is 0 Å². The molecule has 0 radical (unpaired) electrons. The fourth-order valence-electron chi connectivity index (χ4n) is 4.07. The number of phenolic OH excluding ortho intramolecular Hbond substituents is 2. The molecule has 2 aromatic rings. The highest BCUT2D eigenvalue weighted by molar-refractivity contribution is 5.90. The Hall–Kier alpha value is -2.44. The van der Waals surface area contributed by atoms with Gasteiger partial charge in [0.1, 0.15) is 5.75 Å². The van der Waals surface area contributed by atoms with Gasteiger partial charge in [-0.1, -0.05) is 13.0 Å². The highest BCUT2D eigenvalue weighted by Gasteiger charge is 2.23. The van der Waals surface area contributed by atoms with Gasteiger partial charge >= 0.3 is 5.97 Å². The Balaban J connectivity index is 0.00000341. The molecule has 0 fully saturated rings. The SMILES string of the molecule is CCN(CCCCOC(=O)c1ccc(O)c(O)c1)C1CCc2cc(OC)ccc2C1.Cl. The monoisotopic (exact) mass is 449 g/mol. The van der Waals surface area contributed by atoms with Crippen LogP contribution in [0, 0.1) is 0 Å². The average Bonchev–Trinajstić information content (AvgIpc) is 2.77. The van der Waals surface area contributed by atoms with Crippen LogP contribution in [0.3, 0.4) is 0 Å². The maximum Gasteiger partial charge on any atom is 0.338 e. The highest BCUT2D eigenvalue weighted by atomic mass is 35.5. The van der Waals surface area contributed by atoms with Gasteiger partial charge in [0.25, 0.3) is 0 Å². The Kier molecular flexibility index (Phi) is 9.46. The molecule has 170 valence electrons. The average molecular weight is 450 g/mol. The smallest absolute Gasteiger partial charge is 0.338 e. The summed E-state index contributed by atoms with van der Waals surface area (Å²) in [5.74, 6) is -0.139. The molecule has 2 N–H and O–H groups in total. The summed E-state index contributed by atoms with van der Waals surface area (Å²) < 4.78 is 10.6. The molecule has 0 saturated carbocycles. The lowest BCUT2D eigenvalue weighted by molar-refractivity contribution is 0.0492. The van der Waals surface area contributed by atoms with Crippen molar-refractivity contribution in [3.8, 4) is 17.2 Å². The summed E-state index contributed by atoms with van der Waals surface area (Å²) in [5.41, 5.74) is 3.04. The lowest BCUT2D eigenvalue weighted by Gasteiger charge is -2.34. The van der Waals surface area contributed by atoms with E-state index in [2.05, 4.69) is 24.0 Å². The number of ether oxygens (including phenoxy) is 2. The number of aryl methyl sites for hydroxylation is 1. The number of unbranched alkanes of at least 4 members (excludes halogenated alkanes) is 1. The van der Waals surface area contributed by atoms with E-state index in [0.717, 1.165) is 50.9 Å². The molecule has 0 amide bonds. The van der Waals surface area contributed by atoms with Gasteiger partial charge < -0.3 is 24.6 Å². The van der Waals surface area contributed by atoms with Gasteiger partial charge in [0.2, 0.25) is 0 Å². The van der Waals surface area contributed by atoms with Crippen molar-refractivity contribution in [2.24, 2.45) is 0 Å². The minimum atomic E-state index is -0.489. The largest absolute Gasteiger partial charge is 0.504 e. The molecule has 31 heavy (non-hydrogen) atoms. The van der Waals surface area contributed by atoms with Crippen molar-refractivity contribution in [2.45, 2.75) is 45.1 Å². The number of likely N-dealkylation sites (N-methyl/N-ethyl adjacent to an activating group) is 1. The lowest BCUT2D eigenvalue weighted by atomic mass is 9.87. The maximum absolute atomic E-state index is 12.0.